The van der Waals surface area contributed by atoms with Gasteiger partial charge in [-0.2, -0.15) is 0 Å². The van der Waals surface area contributed by atoms with Crippen LogP contribution in [-0.2, 0) is 0 Å². The van der Waals surface area contributed by atoms with Crippen molar-refractivity contribution in [1.29, 1.82) is 0 Å². The third-order valence-corrected chi connectivity index (χ3v) is 3.97. The smallest absolute Gasteiger partial charge is 0.315 e. The molecule has 1 rings (SSSR count). The zero-order chi connectivity index (χ0) is 15.3. The van der Waals surface area contributed by atoms with Crippen molar-refractivity contribution in [3.8, 4) is 0 Å². The van der Waals surface area contributed by atoms with Gasteiger partial charge in [-0.05, 0) is 32.9 Å². The molecule has 0 radical (unpaired) electrons. The maximum atomic E-state index is 12.0. The predicted molar refractivity (Wildman–Crippen MR) is 81.6 cm³/mol. The Balaban J connectivity index is 2.40. The van der Waals surface area contributed by atoms with E-state index in [9.17, 15) is 4.79 Å². The number of urea groups is 1. The summed E-state index contributed by atoms with van der Waals surface area (Å²) in [6.07, 6.45) is 4.69. The summed E-state index contributed by atoms with van der Waals surface area (Å²) >= 11 is 0. The van der Waals surface area contributed by atoms with Crippen molar-refractivity contribution in [3.05, 3.63) is 12.2 Å². The number of aliphatic hydroxyl groups excluding tert-OH is 1. The zero-order valence-electron chi connectivity index (χ0n) is 13.3. The molecule has 1 aliphatic carbocycles. The van der Waals surface area contributed by atoms with Crippen molar-refractivity contribution < 1.29 is 9.90 Å². The molecular weight excluding hydrogens is 254 g/mol. The molecule has 0 saturated heterocycles. The standard InChI is InChI=1S/C15H29N3O2/c1-11(15(2,3)10-18(4)5)16-14(20)17-13-7-6-12(8-13)9-19/h6-7,11-13,19H,8-10H2,1-5H3,(H2,16,17,20)/t11?,12-,13+/m0/s1. The molecule has 0 aromatic rings. The summed E-state index contributed by atoms with van der Waals surface area (Å²) < 4.78 is 0. The van der Waals surface area contributed by atoms with E-state index in [0.717, 1.165) is 13.0 Å². The second-order valence-electron chi connectivity index (χ2n) is 6.74. The second-order valence-corrected chi connectivity index (χ2v) is 6.74. The van der Waals surface area contributed by atoms with Gasteiger partial charge < -0.3 is 20.6 Å². The lowest BCUT2D eigenvalue weighted by Crippen LogP contribution is -2.51. The summed E-state index contributed by atoms with van der Waals surface area (Å²) in [5, 5.41) is 15.0. The van der Waals surface area contributed by atoms with Gasteiger partial charge in [-0.15, -0.1) is 0 Å². The summed E-state index contributed by atoms with van der Waals surface area (Å²) in [6, 6.07) is -0.0437. The molecule has 1 aliphatic rings. The van der Waals surface area contributed by atoms with E-state index in [1.165, 1.54) is 0 Å². The van der Waals surface area contributed by atoms with Crippen molar-refractivity contribution >= 4 is 6.03 Å². The number of aliphatic hydroxyl groups is 1. The van der Waals surface area contributed by atoms with Crippen molar-refractivity contribution in [3.63, 3.8) is 0 Å². The molecule has 1 unspecified atom stereocenters. The van der Waals surface area contributed by atoms with Crippen LogP contribution >= 0.6 is 0 Å². The summed E-state index contributed by atoms with van der Waals surface area (Å²) in [7, 11) is 4.07. The summed E-state index contributed by atoms with van der Waals surface area (Å²) in [5.74, 6) is 0.169. The molecule has 3 atom stereocenters. The van der Waals surface area contributed by atoms with Crippen LogP contribution < -0.4 is 10.6 Å². The average Bonchev–Trinajstić information content (AvgIpc) is 2.74. The first-order chi connectivity index (χ1) is 9.24. The lowest BCUT2D eigenvalue weighted by atomic mass is 9.85. The third-order valence-electron chi connectivity index (χ3n) is 3.97. The average molecular weight is 283 g/mol. The molecule has 20 heavy (non-hydrogen) atoms. The number of carbonyl (C=O) groups is 1. The Kier molecular flexibility index (Phi) is 6.02. The number of carbonyl (C=O) groups excluding carboxylic acids is 1. The van der Waals surface area contributed by atoms with E-state index in [1.54, 1.807) is 0 Å². The van der Waals surface area contributed by atoms with E-state index in [1.807, 2.05) is 33.2 Å². The Morgan fingerprint density at radius 3 is 2.60 bits per heavy atom. The number of nitrogens with zero attached hydrogens (tertiary/aromatic N) is 1. The van der Waals surface area contributed by atoms with Gasteiger partial charge in [0.1, 0.15) is 0 Å². The third kappa shape index (κ3) is 5.13. The molecule has 0 aromatic heterocycles. The SMILES string of the molecule is CC(NC(=O)N[C@@H]1C=C[C@H](CO)C1)C(C)(C)CN(C)C. The lowest BCUT2D eigenvalue weighted by Gasteiger charge is -2.35. The minimum atomic E-state index is -0.141. The minimum Gasteiger partial charge on any atom is -0.396 e. The van der Waals surface area contributed by atoms with Gasteiger partial charge in [-0.1, -0.05) is 26.0 Å². The highest BCUT2D eigenvalue weighted by molar-refractivity contribution is 5.75. The van der Waals surface area contributed by atoms with Crippen LogP contribution in [0, 0.1) is 11.3 Å². The fourth-order valence-corrected chi connectivity index (χ4v) is 2.57. The summed E-state index contributed by atoms with van der Waals surface area (Å²) in [4.78, 5) is 14.1. The van der Waals surface area contributed by atoms with Crippen LogP contribution in [0.15, 0.2) is 12.2 Å². The van der Waals surface area contributed by atoms with Gasteiger partial charge in [-0.3, -0.25) is 0 Å². The number of amides is 2. The first-order valence-corrected chi connectivity index (χ1v) is 7.25. The van der Waals surface area contributed by atoms with Crippen LogP contribution in [0.25, 0.3) is 0 Å². The van der Waals surface area contributed by atoms with Gasteiger partial charge in [0.15, 0.2) is 0 Å². The largest absolute Gasteiger partial charge is 0.396 e. The topological polar surface area (TPSA) is 64.6 Å². The Morgan fingerprint density at radius 1 is 1.45 bits per heavy atom. The Hall–Kier alpha value is -1.07. The Labute approximate surface area is 122 Å². The molecule has 0 spiro atoms. The van der Waals surface area contributed by atoms with Gasteiger partial charge in [0.05, 0.1) is 0 Å². The van der Waals surface area contributed by atoms with Crippen molar-refractivity contribution in [2.45, 2.75) is 39.3 Å². The molecule has 5 nitrogen and oxygen atoms in total. The number of hydrogen-bond donors (Lipinski definition) is 3. The van der Waals surface area contributed by atoms with Gasteiger partial charge in [0, 0.05) is 31.2 Å². The predicted octanol–water partition coefficient (Wildman–Crippen LogP) is 1.20. The molecule has 0 aromatic carbocycles. The second kappa shape index (κ2) is 7.09. The fraction of sp³-hybridized carbons (Fsp3) is 0.800. The maximum absolute atomic E-state index is 12.0. The van der Waals surface area contributed by atoms with E-state index in [4.69, 9.17) is 5.11 Å². The van der Waals surface area contributed by atoms with E-state index in [2.05, 4.69) is 29.4 Å². The van der Waals surface area contributed by atoms with E-state index >= 15 is 0 Å². The first kappa shape index (κ1) is 17.0. The minimum absolute atomic E-state index is 0.0000108. The van der Waals surface area contributed by atoms with Crippen molar-refractivity contribution in [1.82, 2.24) is 15.5 Å². The molecule has 0 aliphatic heterocycles. The Morgan fingerprint density at radius 2 is 2.10 bits per heavy atom. The van der Waals surface area contributed by atoms with E-state index in [0.29, 0.717) is 0 Å². The highest BCUT2D eigenvalue weighted by Crippen LogP contribution is 2.21. The molecule has 3 N–H and O–H groups in total. The Bertz CT molecular complexity index is 353. The molecule has 0 fully saturated rings. The normalized spacial score (nSPS) is 23.9. The molecule has 116 valence electrons. The number of nitrogens with one attached hydrogen (secondary N) is 2. The van der Waals surface area contributed by atoms with Gasteiger partial charge >= 0.3 is 6.03 Å². The summed E-state index contributed by atoms with van der Waals surface area (Å²) in [6.45, 7) is 7.38. The van der Waals surface area contributed by atoms with Gasteiger partial charge in [-0.25, -0.2) is 4.79 Å². The van der Waals surface area contributed by atoms with E-state index < -0.39 is 0 Å². The number of rotatable bonds is 6. The number of hydrogen-bond acceptors (Lipinski definition) is 3. The lowest BCUT2D eigenvalue weighted by molar-refractivity contribution is 0.178. The van der Waals surface area contributed by atoms with Gasteiger partial charge in [0.2, 0.25) is 0 Å². The first-order valence-electron chi connectivity index (χ1n) is 7.25. The molecule has 0 bridgehead atoms. The highest BCUT2D eigenvalue weighted by Gasteiger charge is 2.28. The molecular formula is C15H29N3O2. The molecule has 0 heterocycles. The quantitative estimate of drug-likeness (QED) is 0.642. The van der Waals surface area contributed by atoms with Crippen molar-refractivity contribution in [2.24, 2.45) is 11.3 Å². The van der Waals surface area contributed by atoms with Gasteiger partial charge in [0.25, 0.3) is 0 Å². The van der Waals surface area contributed by atoms with Crippen molar-refractivity contribution in [2.75, 3.05) is 27.2 Å². The van der Waals surface area contributed by atoms with Crippen LogP contribution in [0.2, 0.25) is 0 Å². The monoisotopic (exact) mass is 283 g/mol. The van der Waals surface area contributed by atoms with Crippen LogP contribution in [0.1, 0.15) is 27.2 Å². The van der Waals surface area contributed by atoms with Crippen LogP contribution in [0.4, 0.5) is 4.79 Å². The molecule has 5 heteroatoms. The van der Waals surface area contributed by atoms with Crippen LogP contribution in [-0.4, -0.2) is 55.4 Å². The highest BCUT2D eigenvalue weighted by atomic mass is 16.3. The summed E-state index contributed by atoms with van der Waals surface area (Å²) in [5.41, 5.74) is -0.0000108. The van der Waals surface area contributed by atoms with Crippen LogP contribution in [0.3, 0.4) is 0 Å². The zero-order valence-corrected chi connectivity index (χ0v) is 13.3. The fourth-order valence-electron chi connectivity index (χ4n) is 2.57. The molecule has 2 amide bonds. The molecule has 0 saturated carbocycles. The van der Waals surface area contributed by atoms with E-state index in [-0.39, 0.29) is 36.1 Å². The van der Waals surface area contributed by atoms with Crippen LogP contribution in [0.5, 0.6) is 0 Å². The maximum Gasteiger partial charge on any atom is 0.315 e.